The minimum atomic E-state index is -0.679. The molecule has 7 heteroatoms. The van der Waals surface area contributed by atoms with Gasteiger partial charge in [-0.2, -0.15) is 0 Å². The van der Waals surface area contributed by atoms with Crippen molar-refractivity contribution in [2.24, 2.45) is 5.92 Å². The second kappa shape index (κ2) is 7.22. The minimum Gasteiger partial charge on any atom is -0.505 e. The Morgan fingerprint density at radius 3 is 2.50 bits per heavy atom. The van der Waals surface area contributed by atoms with Crippen molar-refractivity contribution in [3.05, 3.63) is 33.9 Å². The zero-order valence-electron chi connectivity index (χ0n) is 14.7. The third kappa shape index (κ3) is 3.90. The highest BCUT2D eigenvalue weighted by atomic mass is 35.5. The third-order valence-corrected chi connectivity index (χ3v) is 5.81. The van der Waals surface area contributed by atoms with Crippen LogP contribution in [0.3, 0.4) is 0 Å². The lowest BCUT2D eigenvalue weighted by atomic mass is 9.77. The van der Waals surface area contributed by atoms with Gasteiger partial charge in [0.05, 0.1) is 21.7 Å². The SMILES string of the molecule is CC(C)(O)C1CCC(NC(=O)c2cnc3c(Cl)c(O)c(Cl)cc3c2)CC1. The number of benzene rings is 1. The first-order chi connectivity index (χ1) is 12.2. The predicted molar refractivity (Wildman–Crippen MR) is 103 cm³/mol. The Morgan fingerprint density at radius 1 is 1.23 bits per heavy atom. The van der Waals surface area contributed by atoms with Crippen LogP contribution in [0.25, 0.3) is 10.9 Å². The molecule has 0 atom stereocenters. The van der Waals surface area contributed by atoms with Crippen LogP contribution in [-0.2, 0) is 0 Å². The van der Waals surface area contributed by atoms with E-state index in [2.05, 4.69) is 10.3 Å². The molecule has 1 aliphatic carbocycles. The standard InChI is InChI=1S/C19H22Cl2N2O3/c1-19(2,26)12-3-5-13(6-4-12)23-18(25)11-7-10-8-14(20)17(24)15(21)16(10)22-9-11/h7-9,12-13,24,26H,3-6H2,1-2H3,(H,23,25). The van der Waals surface area contributed by atoms with Crippen molar-refractivity contribution in [3.63, 3.8) is 0 Å². The molecule has 1 amide bonds. The average molecular weight is 397 g/mol. The summed E-state index contributed by atoms with van der Waals surface area (Å²) in [6.07, 6.45) is 4.89. The molecular weight excluding hydrogens is 375 g/mol. The summed E-state index contributed by atoms with van der Waals surface area (Å²) in [7, 11) is 0. The molecule has 0 aliphatic heterocycles. The van der Waals surface area contributed by atoms with Crippen LogP contribution >= 0.6 is 23.2 Å². The van der Waals surface area contributed by atoms with Crippen molar-refractivity contribution in [2.75, 3.05) is 0 Å². The number of amides is 1. The second-order valence-electron chi connectivity index (χ2n) is 7.49. The highest BCUT2D eigenvalue weighted by Gasteiger charge is 2.31. The fourth-order valence-electron chi connectivity index (χ4n) is 3.53. The van der Waals surface area contributed by atoms with Crippen molar-refractivity contribution in [2.45, 2.75) is 51.2 Å². The van der Waals surface area contributed by atoms with Gasteiger partial charge in [-0.1, -0.05) is 23.2 Å². The maximum absolute atomic E-state index is 12.6. The number of pyridine rings is 1. The van der Waals surface area contributed by atoms with E-state index in [1.54, 1.807) is 6.07 Å². The number of fused-ring (bicyclic) bond motifs is 1. The zero-order valence-corrected chi connectivity index (χ0v) is 16.2. The van der Waals surface area contributed by atoms with Crippen LogP contribution in [0.5, 0.6) is 5.75 Å². The quantitative estimate of drug-likeness (QED) is 0.721. The molecule has 3 rings (SSSR count). The maximum atomic E-state index is 12.6. The van der Waals surface area contributed by atoms with Crippen LogP contribution in [-0.4, -0.2) is 32.7 Å². The molecule has 0 unspecified atom stereocenters. The van der Waals surface area contributed by atoms with Crippen LogP contribution in [0.4, 0.5) is 0 Å². The molecule has 1 heterocycles. The largest absolute Gasteiger partial charge is 0.505 e. The van der Waals surface area contributed by atoms with E-state index in [4.69, 9.17) is 23.2 Å². The summed E-state index contributed by atoms with van der Waals surface area (Å²) >= 11 is 12.0. The lowest BCUT2D eigenvalue weighted by Crippen LogP contribution is -2.41. The molecule has 1 aromatic carbocycles. The molecule has 2 aromatic rings. The molecule has 1 aromatic heterocycles. The molecule has 140 valence electrons. The minimum absolute atomic E-state index is 0.0735. The molecule has 1 saturated carbocycles. The summed E-state index contributed by atoms with van der Waals surface area (Å²) in [5.41, 5.74) is 0.136. The summed E-state index contributed by atoms with van der Waals surface area (Å²) in [4.78, 5) is 16.8. The van der Waals surface area contributed by atoms with E-state index in [9.17, 15) is 15.0 Å². The Kier molecular flexibility index (Phi) is 5.33. The van der Waals surface area contributed by atoms with Crippen molar-refractivity contribution in [1.82, 2.24) is 10.3 Å². The van der Waals surface area contributed by atoms with Crippen molar-refractivity contribution in [3.8, 4) is 5.75 Å². The smallest absolute Gasteiger partial charge is 0.253 e. The lowest BCUT2D eigenvalue weighted by Gasteiger charge is -2.36. The van der Waals surface area contributed by atoms with Gasteiger partial charge in [-0.15, -0.1) is 0 Å². The number of hydrogen-bond donors (Lipinski definition) is 3. The molecular formula is C19H22Cl2N2O3. The van der Waals surface area contributed by atoms with E-state index >= 15 is 0 Å². The molecule has 3 N–H and O–H groups in total. The van der Waals surface area contributed by atoms with Crippen molar-refractivity contribution < 1.29 is 15.0 Å². The Labute approximate surface area is 162 Å². The van der Waals surface area contributed by atoms with Crippen LogP contribution in [0.2, 0.25) is 10.0 Å². The van der Waals surface area contributed by atoms with Gasteiger partial charge in [0, 0.05) is 17.6 Å². The first-order valence-electron chi connectivity index (χ1n) is 8.66. The summed E-state index contributed by atoms with van der Waals surface area (Å²) < 4.78 is 0. The molecule has 0 spiro atoms. The van der Waals surface area contributed by atoms with Gasteiger partial charge in [-0.25, -0.2) is 0 Å². The number of phenolic OH excluding ortho intramolecular Hbond substituents is 1. The number of halogens is 2. The molecule has 26 heavy (non-hydrogen) atoms. The summed E-state index contributed by atoms with van der Waals surface area (Å²) in [5, 5.41) is 23.7. The van der Waals surface area contributed by atoms with E-state index in [0.717, 1.165) is 25.7 Å². The van der Waals surface area contributed by atoms with E-state index < -0.39 is 5.60 Å². The number of phenols is 1. The molecule has 5 nitrogen and oxygen atoms in total. The fourth-order valence-corrected chi connectivity index (χ4v) is 4.05. The highest BCUT2D eigenvalue weighted by molar-refractivity contribution is 6.40. The van der Waals surface area contributed by atoms with Crippen molar-refractivity contribution in [1.29, 1.82) is 0 Å². The third-order valence-electron chi connectivity index (χ3n) is 5.17. The summed E-state index contributed by atoms with van der Waals surface area (Å²) in [5.74, 6) is -0.157. The van der Waals surface area contributed by atoms with Crippen LogP contribution in [0.15, 0.2) is 18.3 Å². The van der Waals surface area contributed by atoms with E-state index in [1.165, 1.54) is 12.3 Å². The van der Waals surface area contributed by atoms with E-state index in [-0.39, 0.29) is 33.7 Å². The number of aliphatic hydroxyl groups is 1. The van der Waals surface area contributed by atoms with Gasteiger partial charge in [0.15, 0.2) is 5.75 Å². The van der Waals surface area contributed by atoms with Crippen LogP contribution in [0.1, 0.15) is 49.9 Å². The molecule has 0 radical (unpaired) electrons. The van der Waals surface area contributed by atoms with E-state index in [1.807, 2.05) is 13.8 Å². The topological polar surface area (TPSA) is 82.5 Å². The summed E-state index contributed by atoms with van der Waals surface area (Å²) in [6.45, 7) is 3.68. The Morgan fingerprint density at radius 2 is 1.88 bits per heavy atom. The number of carbonyl (C=O) groups is 1. The number of carbonyl (C=O) groups excluding carboxylic acids is 1. The normalized spacial score (nSPS) is 21.0. The van der Waals surface area contributed by atoms with Gasteiger partial charge in [0.1, 0.15) is 5.02 Å². The van der Waals surface area contributed by atoms with Crippen molar-refractivity contribution >= 4 is 40.0 Å². The molecule has 0 bridgehead atoms. The zero-order chi connectivity index (χ0) is 19.1. The van der Waals surface area contributed by atoms with E-state index in [0.29, 0.717) is 16.5 Å². The predicted octanol–water partition coefficient (Wildman–Crippen LogP) is 4.31. The fraction of sp³-hybridized carbons (Fsp3) is 0.474. The van der Waals surface area contributed by atoms with Gasteiger partial charge in [-0.05, 0) is 57.6 Å². The first kappa shape index (κ1) is 19.2. The molecule has 1 fully saturated rings. The van der Waals surface area contributed by atoms with Gasteiger partial charge >= 0.3 is 0 Å². The number of hydrogen-bond acceptors (Lipinski definition) is 4. The molecule has 0 saturated heterocycles. The maximum Gasteiger partial charge on any atom is 0.253 e. The number of nitrogens with one attached hydrogen (secondary N) is 1. The number of rotatable bonds is 3. The number of aromatic nitrogens is 1. The van der Waals surface area contributed by atoms with Gasteiger partial charge in [0.2, 0.25) is 0 Å². The Hall–Kier alpha value is -1.56. The van der Waals surface area contributed by atoms with Crippen LogP contribution < -0.4 is 5.32 Å². The summed E-state index contributed by atoms with van der Waals surface area (Å²) in [6, 6.07) is 3.29. The molecule has 1 aliphatic rings. The van der Waals surface area contributed by atoms with Crippen LogP contribution in [0, 0.1) is 5.92 Å². The highest BCUT2D eigenvalue weighted by Crippen LogP contribution is 2.37. The van der Waals surface area contributed by atoms with Gasteiger partial charge in [-0.3, -0.25) is 9.78 Å². The Balaban J connectivity index is 1.72. The number of nitrogens with zero attached hydrogens (tertiary/aromatic N) is 1. The van der Waals surface area contributed by atoms with Gasteiger partial charge < -0.3 is 15.5 Å². The Bertz CT molecular complexity index is 841. The average Bonchev–Trinajstić information content (AvgIpc) is 2.59. The lowest BCUT2D eigenvalue weighted by molar-refractivity contribution is -0.00257. The monoisotopic (exact) mass is 396 g/mol. The second-order valence-corrected chi connectivity index (χ2v) is 8.28. The van der Waals surface area contributed by atoms with Gasteiger partial charge in [0.25, 0.3) is 5.91 Å². The first-order valence-corrected chi connectivity index (χ1v) is 9.42. The number of aromatic hydroxyl groups is 1.